The zero-order chi connectivity index (χ0) is 13.5. The lowest BCUT2D eigenvalue weighted by Gasteiger charge is -2.23. The van der Waals surface area contributed by atoms with Crippen molar-refractivity contribution in [2.75, 3.05) is 6.54 Å². The number of aliphatic hydroxyl groups is 1. The summed E-state index contributed by atoms with van der Waals surface area (Å²) in [6.45, 7) is 4.06. The molecule has 1 amide bonds. The van der Waals surface area contributed by atoms with Crippen LogP contribution in [0.15, 0.2) is 12.7 Å². The number of amides is 1. The van der Waals surface area contributed by atoms with Crippen LogP contribution in [0.25, 0.3) is 0 Å². The maximum Gasteiger partial charge on any atom is 0.407 e. The fourth-order valence-corrected chi connectivity index (χ4v) is 0.747. The van der Waals surface area contributed by atoms with E-state index in [1.807, 2.05) is 5.32 Å². The maximum atomic E-state index is 11.3. The molecule has 0 saturated carbocycles. The molecule has 0 fully saturated rings. The topological polar surface area (TPSA) is 128 Å². The predicted molar refractivity (Wildman–Crippen MR) is 54.8 cm³/mol. The Kier molecular flexibility index (Phi) is 5.86. The third-order valence-corrected chi connectivity index (χ3v) is 1.75. The average Bonchev–Trinajstić information content (AvgIpc) is 2.34. The smallest absolute Gasteiger partial charge is 0.362 e. The number of nitrogens with two attached hydrogens (primary N) is 1. The molecule has 17 heavy (non-hydrogen) atoms. The van der Waals surface area contributed by atoms with Crippen molar-refractivity contribution in [3.8, 4) is 0 Å². The van der Waals surface area contributed by atoms with Crippen LogP contribution in [0, 0.1) is 0 Å². The first kappa shape index (κ1) is 15.1. The molecule has 1 unspecified atom stereocenters. The van der Waals surface area contributed by atoms with Crippen LogP contribution in [0.1, 0.15) is 13.3 Å². The number of carbonyl (C=O) groups is 3. The maximum absolute atomic E-state index is 11.3. The van der Waals surface area contributed by atoms with Crippen LogP contribution >= 0.6 is 0 Å². The Morgan fingerprint density at radius 2 is 2.06 bits per heavy atom. The lowest BCUT2D eigenvalue weighted by molar-refractivity contribution is -0.268. The summed E-state index contributed by atoms with van der Waals surface area (Å²) in [5.41, 5.74) is 2.71. The van der Waals surface area contributed by atoms with E-state index in [9.17, 15) is 19.5 Å². The molecule has 8 heteroatoms. The van der Waals surface area contributed by atoms with E-state index in [4.69, 9.17) is 5.73 Å². The van der Waals surface area contributed by atoms with Gasteiger partial charge in [0.15, 0.2) is 0 Å². The molecule has 96 valence electrons. The van der Waals surface area contributed by atoms with Gasteiger partial charge in [-0.05, 0) is 0 Å². The Morgan fingerprint density at radius 3 is 2.47 bits per heavy atom. The van der Waals surface area contributed by atoms with Crippen LogP contribution in [-0.4, -0.2) is 35.2 Å². The van der Waals surface area contributed by atoms with Gasteiger partial charge in [-0.3, -0.25) is 4.79 Å². The van der Waals surface area contributed by atoms with Crippen molar-refractivity contribution in [2.24, 2.45) is 5.73 Å². The summed E-state index contributed by atoms with van der Waals surface area (Å²) in [6.07, 6.45) is 0.569. The zero-order valence-electron chi connectivity index (χ0n) is 9.26. The number of hydrogen-bond donors (Lipinski definition) is 3. The van der Waals surface area contributed by atoms with Gasteiger partial charge < -0.3 is 16.2 Å². The second kappa shape index (κ2) is 6.61. The van der Waals surface area contributed by atoms with Crippen LogP contribution in [0.3, 0.4) is 0 Å². The molecule has 0 radical (unpaired) electrons. The highest BCUT2D eigenvalue weighted by molar-refractivity contribution is 5.88. The molecule has 0 aliphatic rings. The Morgan fingerprint density at radius 1 is 1.47 bits per heavy atom. The van der Waals surface area contributed by atoms with Gasteiger partial charge in [0.25, 0.3) is 0 Å². The molecule has 0 aliphatic carbocycles. The van der Waals surface area contributed by atoms with Crippen LogP contribution in [-0.2, 0) is 24.2 Å². The highest BCUT2D eigenvalue weighted by Gasteiger charge is 2.39. The summed E-state index contributed by atoms with van der Waals surface area (Å²) >= 11 is 0. The summed E-state index contributed by atoms with van der Waals surface area (Å²) in [5.74, 6) is -3.11. The van der Waals surface area contributed by atoms with Gasteiger partial charge in [0, 0.05) is 12.5 Å². The SMILES string of the molecule is C=CC(=O)OOC(=O)C(O)(CC)NC(=O)CN. The van der Waals surface area contributed by atoms with Crippen molar-refractivity contribution in [1.82, 2.24) is 5.32 Å². The van der Waals surface area contributed by atoms with Gasteiger partial charge in [-0.25, -0.2) is 19.4 Å². The van der Waals surface area contributed by atoms with Gasteiger partial charge in [-0.15, -0.1) is 0 Å². The second-order valence-electron chi connectivity index (χ2n) is 2.94. The monoisotopic (exact) mass is 246 g/mol. The Hall–Kier alpha value is -1.93. The van der Waals surface area contributed by atoms with E-state index in [0.717, 1.165) is 6.08 Å². The molecule has 4 N–H and O–H groups in total. The molecule has 0 aromatic rings. The van der Waals surface area contributed by atoms with Gasteiger partial charge in [0.05, 0.1) is 6.54 Å². The van der Waals surface area contributed by atoms with E-state index in [1.165, 1.54) is 6.92 Å². The molecule has 0 aliphatic heterocycles. The van der Waals surface area contributed by atoms with Gasteiger partial charge in [0.1, 0.15) is 0 Å². The highest BCUT2D eigenvalue weighted by Crippen LogP contribution is 2.08. The van der Waals surface area contributed by atoms with E-state index >= 15 is 0 Å². The first-order chi connectivity index (χ1) is 7.89. The summed E-state index contributed by atoms with van der Waals surface area (Å²) in [4.78, 5) is 40.9. The van der Waals surface area contributed by atoms with Crippen LogP contribution < -0.4 is 11.1 Å². The average molecular weight is 246 g/mol. The van der Waals surface area contributed by atoms with E-state index in [2.05, 4.69) is 16.4 Å². The molecule has 0 saturated heterocycles. The van der Waals surface area contributed by atoms with Crippen LogP contribution in [0.5, 0.6) is 0 Å². The van der Waals surface area contributed by atoms with E-state index < -0.39 is 30.1 Å². The Labute approximate surface area is 97.3 Å². The lowest BCUT2D eigenvalue weighted by Crippen LogP contribution is -2.56. The first-order valence-corrected chi connectivity index (χ1v) is 4.68. The van der Waals surface area contributed by atoms with Crippen LogP contribution in [0.4, 0.5) is 0 Å². The number of hydrogen-bond acceptors (Lipinski definition) is 7. The quantitative estimate of drug-likeness (QED) is 0.229. The normalized spacial score (nSPS) is 13.1. The minimum absolute atomic E-state index is 0.191. The van der Waals surface area contributed by atoms with Crippen molar-refractivity contribution in [1.29, 1.82) is 0 Å². The van der Waals surface area contributed by atoms with Gasteiger partial charge in [-0.2, -0.15) is 0 Å². The Bertz CT molecular complexity index is 329. The minimum atomic E-state index is -2.29. The summed E-state index contributed by atoms with van der Waals surface area (Å²) in [7, 11) is 0. The van der Waals surface area contributed by atoms with Crippen molar-refractivity contribution >= 4 is 17.8 Å². The standard InChI is InChI=1S/C9H14N2O6/c1-3-7(13)16-17-8(14)9(15,4-2)11-6(12)5-10/h3,15H,1,4-5,10H2,2H3,(H,11,12). The Balaban J connectivity index is 4.52. The predicted octanol–water partition coefficient (Wildman–Crippen LogP) is -1.65. The number of rotatable bonds is 5. The van der Waals surface area contributed by atoms with Crippen LogP contribution in [0.2, 0.25) is 0 Å². The summed E-state index contributed by atoms with van der Waals surface area (Å²) < 4.78 is 0. The fraction of sp³-hybridized carbons (Fsp3) is 0.444. The van der Waals surface area contributed by atoms with Crippen molar-refractivity contribution in [2.45, 2.75) is 19.1 Å². The third kappa shape index (κ3) is 4.62. The van der Waals surface area contributed by atoms with Crippen molar-refractivity contribution < 1.29 is 29.3 Å². The molecular formula is C9H14N2O6. The minimum Gasteiger partial charge on any atom is -0.362 e. The third-order valence-electron chi connectivity index (χ3n) is 1.75. The molecule has 1 atom stereocenters. The van der Waals surface area contributed by atoms with E-state index in [-0.39, 0.29) is 6.42 Å². The molecule has 0 rings (SSSR count). The molecule has 0 bridgehead atoms. The second-order valence-corrected chi connectivity index (χ2v) is 2.94. The fourth-order valence-electron chi connectivity index (χ4n) is 0.747. The molecule has 0 heterocycles. The van der Waals surface area contributed by atoms with Gasteiger partial charge in [0.2, 0.25) is 11.6 Å². The molecular weight excluding hydrogens is 232 g/mol. The molecule has 0 spiro atoms. The van der Waals surface area contributed by atoms with Crippen molar-refractivity contribution in [3.63, 3.8) is 0 Å². The zero-order valence-corrected chi connectivity index (χ0v) is 9.26. The first-order valence-electron chi connectivity index (χ1n) is 4.68. The highest BCUT2D eigenvalue weighted by atomic mass is 17.2. The van der Waals surface area contributed by atoms with E-state index in [0.29, 0.717) is 0 Å². The number of nitrogens with one attached hydrogen (secondary N) is 1. The summed E-state index contributed by atoms with van der Waals surface area (Å²) in [6, 6.07) is 0. The lowest BCUT2D eigenvalue weighted by atomic mass is 10.1. The molecule has 8 nitrogen and oxygen atoms in total. The molecule has 0 aromatic carbocycles. The van der Waals surface area contributed by atoms with Crippen molar-refractivity contribution in [3.05, 3.63) is 12.7 Å². The van der Waals surface area contributed by atoms with Gasteiger partial charge >= 0.3 is 11.9 Å². The number of carbonyl (C=O) groups excluding carboxylic acids is 3. The van der Waals surface area contributed by atoms with Gasteiger partial charge in [-0.1, -0.05) is 13.5 Å². The summed E-state index contributed by atoms with van der Waals surface area (Å²) in [5, 5.41) is 11.6. The van der Waals surface area contributed by atoms with E-state index in [1.54, 1.807) is 0 Å². The largest absolute Gasteiger partial charge is 0.407 e. The molecule has 0 aromatic heterocycles.